The molecule has 1 fully saturated rings. The van der Waals surface area contributed by atoms with Crippen LogP contribution < -0.4 is 14.9 Å². The van der Waals surface area contributed by atoms with Crippen LogP contribution in [-0.2, 0) is 4.74 Å². The lowest BCUT2D eigenvalue weighted by molar-refractivity contribution is 0.0314. The number of hydrogen-bond acceptors (Lipinski definition) is 7. The van der Waals surface area contributed by atoms with Crippen molar-refractivity contribution in [1.29, 1.82) is 0 Å². The molecule has 1 atom stereocenters. The third-order valence-corrected chi connectivity index (χ3v) is 6.57. The largest absolute Gasteiger partial charge is 0.490 e. The predicted molar refractivity (Wildman–Crippen MR) is 131 cm³/mol. The summed E-state index contributed by atoms with van der Waals surface area (Å²) in [5.74, 6) is 0.207. The van der Waals surface area contributed by atoms with Gasteiger partial charge >= 0.3 is 0 Å². The van der Waals surface area contributed by atoms with Gasteiger partial charge in [-0.15, -0.1) is 0 Å². The molecule has 0 bridgehead atoms. The number of carbonyl (C=O) groups excluding carboxylic acids is 1. The summed E-state index contributed by atoms with van der Waals surface area (Å²) in [4.78, 5) is 31.1. The molecule has 2 aliphatic rings. The maximum Gasteiger partial charge on any atom is 0.290 e. The van der Waals surface area contributed by atoms with Crippen molar-refractivity contribution in [3.05, 3.63) is 69.3 Å². The SMILES string of the molecule is CCOc1ccc(C2c3c(oc4ccc(F)cc4c3=O)C(=O)N2CCN2CCOCC2)cc1OCC. The number of amides is 1. The van der Waals surface area contributed by atoms with Crippen LogP contribution in [0.25, 0.3) is 11.0 Å². The Balaban J connectivity index is 1.62. The molecule has 5 rings (SSSR count). The molecule has 0 N–H and O–H groups in total. The number of morpholine rings is 1. The van der Waals surface area contributed by atoms with Crippen molar-refractivity contribution < 1.29 is 27.8 Å². The van der Waals surface area contributed by atoms with E-state index in [1.54, 1.807) is 17.0 Å². The van der Waals surface area contributed by atoms with E-state index in [4.69, 9.17) is 18.6 Å². The van der Waals surface area contributed by atoms with Crippen LogP contribution in [0.2, 0.25) is 0 Å². The van der Waals surface area contributed by atoms with E-state index >= 15 is 0 Å². The van der Waals surface area contributed by atoms with Gasteiger partial charge in [-0.05, 0) is 49.7 Å². The Bertz CT molecular complexity index is 1330. The molecule has 1 aromatic heterocycles. The van der Waals surface area contributed by atoms with Crippen molar-refractivity contribution in [2.75, 3.05) is 52.6 Å². The number of ether oxygens (including phenoxy) is 3. The highest BCUT2D eigenvalue weighted by Gasteiger charge is 2.43. The highest BCUT2D eigenvalue weighted by Crippen LogP contribution is 2.41. The maximum absolute atomic E-state index is 14.0. The lowest BCUT2D eigenvalue weighted by Gasteiger charge is -2.31. The van der Waals surface area contributed by atoms with Gasteiger partial charge in [0.1, 0.15) is 11.4 Å². The molecule has 9 heteroatoms. The smallest absolute Gasteiger partial charge is 0.290 e. The maximum atomic E-state index is 14.0. The van der Waals surface area contributed by atoms with Gasteiger partial charge in [0.05, 0.1) is 43.4 Å². The molecule has 0 aliphatic carbocycles. The lowest BCUT2D eigenvalue weighted by atomic mass is 9.98. The van der Waals surface area contributed by atoms with Gasteiger partial charge in [0.25, 0.3) is 5.91 Å². The summed E-state index contributed by atoms with van der Waals surface area (Å²) in [6.07, 6.45) is 0. The summed E-state index contributed by atoms with van der Waals surface area (Å²) in [5, 5.41) is 0.109. The van der Waals surface area contributed by atoms with Gasteiger partial charge < -0.3 is 23.5 Å². The molecule has 0 saturated carbocycles. The van der Waals surface area contributed by atoms with Crippen LogP contribution in [0.15, 0.2) is 45.6 Å². The summed E-state index contributed by atoms with van der Waals surface area (Å²) >= 11 is 0. The van der Waals surface area contributed by atoms with Gasteiger partial charge in [-0.2, -0.15) is 0 Å². The predicted octanol–water partition coefficient (Wildman–Crippen LogP) is 3.61. The summed E-state index contributed by atoms with van der Waals surface area (Å²) in [6.45, 7) is 8.50. The Morgan fingerprint density at radius 2 is 1.72 bits per heavy atom. The van der Waals surface area contributed by atoms with Crippen molar-refractivity contribution >= 4 is 16.9 Å². The fourth-order valence-electron chi connectivity index (χ4n) is 4.88. The number of carbonyl (C=O) groups is 1. The minimum absolute atomic E-state index is 0.00192. The topological polar surface area (TPSA) is 81.5 Å². The Kier molecular flexibility index (Phi) is 6.93. The molecule has 190 valence electrons. The van der Waals surface area contributed by atoms with E-state index < -0.39 is 17.3 Å². The number of hydrogen-bond donors (Lipinski definition) is 0. The monoisotopic (exact) mass is 496 g/mol. The van der Waals surface area contributed by atoms with E-state index in [2.05, 4.69) is 4.90 Å². The summed E-state index contributed by atoms with van der Waals surface area (Å²) < 4.78 is 36.9. The van der Waals surface area contributed by atoms with E-state index in [0.717, 1.165) is 19.2 Å². The number of fused-ring (bicyclic) bond motifs is 2. The fourth-order valence-corrected chi connectivity index (χ4v) is 4.88. The van der Waals surface area contributed by atoms with E-state index in [1.165, 1.54) is 12.1 Å². The van der Waals surface area contributed by atoms with E-state index in [9.17, 15) is 14.0 Å². The molecular weight excluding hydrogens is 467 g/mol. The zero-order chi connectivity index (χ0) is 25.2. The third kappa shape index (κ3) is 4.44. The molecule has 3 heterocycles. The lowest BCUT2D eigenvalue weighted by Crippen LogP contribution is -2.42. The highest BCUT2D eigenvalue weighted by molar-refractivity contribution is 5.99. The van der Waals surface area contributed by atoms with Crippen LogP contribution >= 0.6 is 0 Å². The van der Waals surface area contributed by atoms with E-state index in [-0.39, 0.29) is 28.2 Å². The Hall–Kier alpha value is -3.43. The summed E-state index contributed by atoms with van der Waals surface area (Å²) in [5.41, 5.74) is 0.680. The first-order chi connectivity index (χ1) is 17.5. The summed E-state index contributed by atoms with van der Waals surface area (Å²) in [6, 6.07) is 8.47. The van der Waals surface area contributed by atoms with Gasteiger partial charge in [0, 0.05) is 26.2 Å². The van der Waals surface area contributed by atoms with Gasteiger partial charge in [0.15, 0.2) is 16.9 Å². The van der Waals surface area contributed by atoms with E-state index in [0.29, 0.717) is 56.6 Å². The molecule has 2 aromatic carbocycles. The van der Waals surface area contributed by atoms with Gasteiger partial charge in [-0.1, -0.05) is 6.07 Å². The zero-order valence-corrected chi connectivity index (χ0v) is 20.4. The Morgan fingerprint density at radius 1 is 0.972 bits per heavy atom. The Labute approximate surface area is 208 Å². The first-order valence-corrected chi connectivity index (χ1v) is 12.3. The first-order valence-electron chi connectivity index (χ1n) is 12.3. The fraction of sp³-hybridized carbons (Fsp3) is 0.407. The second-order valence-electron chi connectivity index (χ2n) is 8.74. The number of halogens is 1. The molecule has 1 saturated heterocycles. The molecule has 0 radical (unpaired) electrons. The minimum Gasteiger partial charge on any atom is -0.490 e. The van der Waals surface area contributed by atoms with Crippen molar-refractivity contribution in [2.24, 2.45) is 0 Å². The average Bonchev–Trinajstić information content (AvgIpc) is 3.17. The first kappa shape index (κ1) is 24.3. The molecule has 2 aliphatic heterocycles. The minimum atomic E-state index is -0.702. The van der Waals surface area contributed by atoms with Gasteiger partial charge in [0.2, 0.25) is 5.76 Å². The molecule has 36 heavy (non-hydrogen) atoms. The molecule has 3 aromatic rings. The number of nitrogens with zero attached hydrogens (tertiary/aromatic N) is 2. The van der Waals surface area contributed by atoms with Crippen LogP contribution in [0, 0.1) is 5.82 Å². The van der Waals surface area contributed by atoms with Crippen LogP contribution in [0.3, 0.4) is 0 Å². The standard InChI is InChI=1S/C27H29FN2O6/c1-3-34-21-7-5-17(15-22(21)35-4-2)24-23-25(31)19-16-18(28)6-8-20(19)36-26(23)27(32)30(24)10-9-29-11-13-33-14-12-29/h5-8,15-16,24H,3-4,9-14H2,1-2H3. The van der Waals surface area contributed by atoms with Crippen molar-refractivity contribution in [2.45, 2.75) is 19.9 Å². The number of rotatable bonds is 8. The van der Waals surface area contributed by atoms with Crippen LogP contribution in [0.1, 0.15) is 41.6 Å². The second kappa shape index (κ2) is 10.3. The van der Waals surface area contributed by atoms with Crippen LogP contribution in [0.4, 0.5) is 4.39 Å². The van der Waals surface area contributed by atoms with Crippen molar-refractivity contribution in [3.8, 4) is 11.5 Å². The quantitative estimate of drug-likeness (QED) is 0.471. The second-order valence-corrected chi connectivity index (χ2v) is 8.74. The van der Waals surface area contributed by atoms with Crippen LogP contribution in [-0.4, -0.2) is 68.3 Å². The Morgan fingerprint density at radius 3 is 2.47 bits per heavy atom. The number of benzene rings is 2. The van der Waals surface area contributed by atoms with E-state index in [1.807, 2.05) is 19.9 Å². The molecular formula is C27H29FN2O6. The normalized spacial score (nSPS) is 18.0. The zero-order valence-electron chi connectivity index (χ0n) is 20.4. The van der Waals surface area contributed by atoms with Crippen LogP contribution in [0.5, 0.6) is 11.5 Å². The molecule has 0 spiro atoms. The molecule has 1 amide bonds. The van der Waals surface area contributed by atoms with Gasteiger partial charge in [-0.25, -0.2) is 4.39 Å². The van der Waals surface area contributed by atoms with Crippen molar-refractivity contribution in [3.63, 3.8) is 0 Å². The average molecular weight is 497 g/mol. The molecule has 1 unspecified atom stereocenters. The van der Waals surface area contributed by atoms with Crippen molar-refractivity contribution in [1.82, 2.24) is 9.80 Å². The van der Waals surface area contributed by atoms with Gasteiger partial charge in [-0.3, -0.25) is 14.5 Å². The highest BCUT2D eigenvalue weighted by atomic mass is 19.1. The molecule has 8 nitrogen and oxygen atoms in total. The summed E-state index contributed by atoms with van der Waals surface area (Å²) in [7, 11) is 0. The third-order valence-electron chi connectivity index (χ3n) is 6.57.